The van der Waals surface area contributed by atoms with Crippen molar-refractivity contribution >= 4 is 63.5 Å². The third-order valence-electron chi connectivity index (χ3n) is 11.5. The molecule has 0 radical (unpaired) electrons. The SMILES string of the molecule is COC(=O)CN1CCOCCN(CC(=O)OC)c2cc(OCC(=O)CC(=O)ON3C(=O)CCC3=O)c(-c3c4ccc(=[N+](C)C)cc-4oc4cc(N(C)C)ccc34)cc2OCCOc2cc(C)ccc21. The van der Waals surface area contributed by atoms with Gasteiger partial charge in [-0.1, -0.05) is 6.07 Å². The Morgan fingerprint density at radius 3 is 2.01 bits per heavy atom. The molecule has 69 heavy (non-hydrogen) atoms. The number of esters is 2. The second-order valence-corrected chi connectivity index (χ2v) is 16.8. The summed E-state index contributed by atoms with van der Waals surface area (Å²) in [5.41, 5.74) is 5.19. The van der Waals surface area contributed by atoms with Crippen LogP contribution in [-0.2, 0) is 47.8 Å². The molecule has 3 aromatic carbocycles. The van der Waals surface area contributed by atoms with Gasteiger partial charge in [-0.2, -0.15) is 0 Å². The van der Waals surface area contributed by atoms with Crippen molar-refractivity contribution in [2.75, 3.05) is 116 Å². The lowest BCUT2D eigenvalue weighted by Crippen LogP contribution is -2.36. The number of carbonyl (C=O) groups excluding carboxylic acids is 6. The standard InChI is InChI=1S/C50H56N5O14/c1-31-8-13-38-43(22-31)65-20-21-66-44-26-37(50-35-11-9-32(51(2)3)23-41(35)68-42-24-33(52(4)5)10-12-36(42)50)40(67-30-34(56)25-47(59)69-55-45(57)14-15-46(55)58)27-39(44)54(29-49(61)63-7)17-19-64-18-16-53(38)28-48(60)62-6/h8-13,22-24,26-27H,14-21,25,28-30H2,1-7H3/q+1. The summed E-state index contributed by atoms with van der Waals surface area (Å²) >= 11 is 0. The van der Waals surface area contributed by atoms with Crippen LogP contribution in [0, 0.1) is 6.92 Å². The number of nitrogens with zero attached hydrogens (tertiary/aromatic N) is 5. The molecule has 0 atom stereocenters. The number of ether oxygens (including phenoxy) is 6. The summed E-state index contributed by atoms with van der Waals surface area (Å²) < 4.78 is 44.3. The highest BCUT2D eigenvalue weighted by Crippen LogP contribution is 2.48. The third-order valence-corrected chi connectivity index (χ3v) is 11.5. The summed E-state index contributed by atoms with van der Waals surface area (Å²) in [7, 11) is 10.3. The second kappa shape index (κ2) is 22.0. The van der Waals surface area contributed by atoms with Crippen LogP contribution < -0.4 is 38.8 Å². The van der Waals surface area contributed by atoms with Crippen molar-refractivity contribution in [1.29, 1.82) is 0 Å². The van der Waals surface area contributed by atoms with Gasteiger partial charge in [-0.05, 0) is 48.9 Å². The molecule has 3 aromatic rings. The number of fused-ring (bicyclic) bond motifs is 4. The van der Waals surface area contributed by atoms with E-state index >= 15 is 0 Å². The number of aryl methyl sites for hydroxylation is 1. The van der Waals surface area contributed by atoms with Crippen LogP contribution in [0.25, 0.3) is 33.4 Å². The number of hydrogen-bond acceptors (Lipinski definition) is 17. The Hall–Kier alpha value is -7.67. The zero-order valence-electron chi connectivity index (χ0n) is 39.8. The Bertz CT molecular complexity index is 2800. The van der Waals surface area contributed by atoms with E-state index in [1.165, 1.54) is 14.2 Å². The van der Waals surface area contributed by atoms with Gasteiger partial charge in [0, 0.05) is 86.0 Å². The normalized spacial score (nSPS) is 14.4. The van der Waals surface area contributed by atoms with Gasteiger partial charge >= 0.3 is 17.9 Å². The minimum absolute atomic E-state index is 0.00617. The predicted molar refractivity (Wildman–Crippen MR) is 253 cm³/mol. The molecule has 0 spiro atoms. The molecule has 1 aliphatic carbocycles. The molecular formula is C50H56N5O14+. The van der Waals surface area contributed by atoms with E-state index in [-0.39, 0.29) is 64.7 Å². The number of carbonyl (C=O) groups is 6. The topological polar surface area (TPSA) is 196 Å². The van der Waals surface area contributed by atoms with Gasteiger partial charge < -0.3 is 52.4 Å². The van der Waals surface area contributed by atoms with Crippen LogP contribution >= 0.6 is 0 Å². The Morgan fingerprint density at radius 2 is 1.38 bits per heavy atom. The summed E-state index contributed by atoms with van der Waals surface area (Å²) in [6.45, 7) is 1.77. The first kappa shape index (κ1) is 49.2. The molecule has 0 aromatic heterocycles. The summed E-state index contributed by atoms with van der Waals surface area (Å²) in [5.74, 6) is -2.65. The quantitative estimate of drug-likeness (QED) is 0.0572. The minimum Gasteiger partial charge on any atom is -0.488 e. The lowest BCUT2D eigenvalue weighted by molar-refractivity contribution is -0.197. The van der Waals surface area contributed by atoms with Crippen molar-refractivity contribution in [2.45, 2.75) is 26.2 Å². The molecule has 4 aliphatic rings. The Kier molecular flexibility index (Phi) is 15.7. The first-order valence-corrected chi connectivity index (χ1v) is 22.3. The highest BCUT2D eigenvalue weighted by atomic mass is 16.7. The first-order valence-electron chi connectivity index (χ1n) is 22.3. The van der Waals surface area contributed by atoms with Crippen molar-refractivity contribution in [3.8, 4) is 39.7 Å². The molecule has 3 heterocycles. The lowest BCUT2D eigenvalue weighted by atomic mass is 9.92. The van der Waals surface area contributed by atoms with Gasteiger partial charge in [0.2, 0.25) is 5.36 Å². The number of benzene rings is 4. The maximum atomic E-state index is 13.5. The zero-order valence-corrected chi connectivity index (χ0v) is 39.8. The number of Topliss-reactive ketones (excluding diaryl/α,β-unsaturated/α-hetero) is 1. The van der Waals surface area contributed by atoms with Crippen LogP contribution in [0.3, 0.4) is 0 Å². The summed E-state index contributed by atoms with van der Waals surface area (Å²) in [6, 6.07) is 20.7. The molecule has 0 bridgehead atoms. The average molecular weight is 951 g/mol. The maximum absolute atomic E-state index is 13.5. The van der Waals surface area contributed by atoms with Crippen molar-refractivity contribution in [3.63, 3.8) is 0 Å². The van der Waals surface area contributed by atoms with Crippen LogP contribution in [0.5, 0.6) is 17.2 Å². The maximum Gasteiger partial charge on any atom is 0.340 e. The van der Waals surface area contributed by atoms with Gasteiger partial charge in [-0.3, -0.25) is 24.0 Å². The molecule has 364 valence electrons. The van der Waals surface area contributed by atoms with E-state index in [9.17, 15) is 28.8 Å². The molecule has 0 saturated carbocycles. The van der Waals surface area contributed by atoms with E-state index < -0.39 is 48.5 Å². The zero-order chi connectivity index (χ0) is 49.4. The van der Waals surface area contributed by atoms with E-state index in [1.807, 2.05) is 104 Å². The van der Waals surface area contributed by atoms with Crippen LogP contribution in [0.2, 0.25) is 0 Å². The van der Waals surface area contributed by atoms with Crippen molar-refractivity contribution in [3.05, 3.63) is 77.7 Å². The van der Waals surface area contributed by atoms with Crippen LogP contribution in [-0.4, -0.2) is 142 Å². The molecule has 0 N–H and O–H groups in total. The fraction of sp³-hybridized carbons (Fsp3) is 0.380. The average Bonchev–Trinajstić information content (AvgIpc) is 3.64. The Balaban J connectivity index is 1.37. The molecule has 3 aliphatic heterocycles. The summed E-state index contributed by atoms with van der Waals surface area (Å²) in [6.07, 6.45) is -1.01. The molecule has 19 nitrogen and oxygen atoms in total. The largest absolute Gasteiger partial charge is 0.488 e. The Morgan fingerprint density at radius 1 is 0.725 bits per heavy atom. The molecule has 0 unspecified atom stereocenters. The molecular weight excluding hydrogens is 895 g/mol. The smallest absolute Gasteiger partial charge is 0.340 e. The van der Waals surface area contributed by atoms with E-state index in [0.717, 1.165) is 16.6 Å². The van der Waals surface area contributed by atoms with E-state index in [0.29, 0.717) is 67.9 Å². The van der Waals surface area contributed by atoms with Crippen LogP contribution in [0.4, 0.5) is 17.1 Å². The number of amides is 2. The molecule has 7 rings (SSSR count). The van der Waals surface area contributed by atoms with Gasteiger partial charge in [0.05, 0.1) is 44.9 Å². The number of hydrogen-bond donors (Lipinski definition) is 0. The highest BCUT2D eigenvalue weighted by molar-refractivity contribution is 6.05. The van der Waals surface area contributed by atoms with Gasteiger partial charge in [-0.15, -0.1) is 5.06 Å². The van der Waals surface area contributed by atoms with Crippen molar-refractivity contribution in [1.82, 2.24) is 9.64 Å². The predicted octanol–water partition coefficient (Wildman–Crippen LogP) is 4.00. The van der Waals surface area contributed by atoms with Crippen LogP contribution in [0.15, 0.2) is 71.1 Å². The van der Waals surface area contributed by atoms with Gasteiger partial charge in [0.15, 0.2) is 5.78 Å². The van der Waals surface area contributed by atoms with Crippen molar-refractivity contribution < 1.29 is 66.4 Å². The Labute approximate surface area is 398 Å². The van der Waals surface area contributed by atoms with Crippen molar-refractivity contribution in [2.24, 2.45) is 0 Å². The lowest BCUT2D eigenvalue weighted by Gasteiger charge is -2.28. The number of rotatable bonds is 12. The van der Waals surface area contributed by atoms with E-state index in [2.05, 4.69) is 0 Å². The molecule has 19 heteroatoms. The fourth-order valence-corrected chi connectivity index (χ4v) is 7.87. The number of hydroxylamine groups is 2. The first-order chi connectivity index (χ1) is 33.1. The van der Waals surface area contributed by atoms with Gasteiger partial charge in [0.1, 0.15) is 82.0 Å². The number of imide groups is 1. The third kappa shape index (κ3) is 11.7. The second-order valence-electron chi connectivity index (χ2n) is 16.8. The molecule has 2 amide bonds. The van der Waals surface area contributed by atoms with E-state index in [1.54, 1.807) is 17.0 Å². The van der Waals surface area contributed by atoms with Crippen LogP contribution in [0.1, 0.15) is 24.8 Å². The monoisotopic (exact) mass is 950 g/mol. The van der Waals surface area contributed by atoms with Gasteiger partial charge in [-0.25, -0.2) is 9.37 Å². The minimum atomic E-state index is -1.10. The summed E-state index contributed by atoms with van der Waals surface area (Å²) in [5, 5.41) is 1.95. The summed E-state index contributed by atoms with van der Waals surface area (Å²) in [4.78, 5) is 86.8. The highest BCUT2D eigenvalue weighted by Gasteiger charge is 2.34. The molecule has 1 fully saturated rings. The number of methoxy groups -OCH3 is 2. The van der Waals surface area contributed by atoms with Gasteiger partial charge in [0.25, 0.3) is 11.8 Å². The fourth-order valence-electron chi connectivity index (χ4n) is 7.87. The molecule has 1 saturated heterocycles. The number of ketones is 1. The number of anilines is 3. The van der Waals surface area contributed by atoms with E-state index in [4.69, 9.17) is 37.7 Å².